The predicted octanol–water partition coefficient (Wildman–Crippen LogP) is 3.07. The third kappa shape index (κ3) is 5.45. The van der Waals surface area contributed by atoms with E-state index >= 15 is 0 Å². The van der Waals surface area contributed by atoms with Crippen molar-refractivity contribution in [3.8, 4) is 0 Å². The zero-order valence-electron chi connectivity index (χ0n) is 17.3. The summed E-state index contributed by atoms with van der Waals surface area (Å²) in [5.41, 5.74) is 2.59. The number of morpholine rings is 1. The van der Waals surface area contributed by atoms with Crippen molar-refractivity contribution in [3.63, 3.8) is 0 Å². The number of nitrogens with one attached hydrogen (secondary N) is 1. The van der Waals surface area contributed by atoms with Crippen molar-refractivity contribution >= 4 is 5.96 Å². The Balaban J connectivity index is 1.51. The Morgan fingerprint density at radius 1 is 1.22 bits per heavy atom. The molecule has 0 amide bonds. The molecule has 0 radical (unpaired) electrons. The van der Waals surface area contributed by atoms with Crippen LogP contribution in [0.3, 0.4) is 0 Å². The zero-order chi connectivity index (χ0) is 19.1. The van der Waals surface area contributed by atoms with Gasteiger partial charge in [-0.05, 0) is 62.9 Å². The number of nitrogens with zero attached hydrogens (tertiary/aromatic N) is 3. The average Bonchev–Trinajstić information content (AvgIpc) is 2.70. The smallest absolute Gasteiger partial charge is 0.193 e. The molecule has 5 heteroatoms. The zero-order valence-corrected chi connectivity index (χ0v) is 17.3. The van der Waals surface area contributed by atoms with Crippen molar-refractivity contribution in [2.75, 3.05) is 52.9 Å². The summed E-state index contributed by atoms with van der Waals surface area (Å²) in [5.74, 6) is 1.77. The SMILES string of the molecule is CCCN1CCC(CNC(=NC)N2CCOC(c3ccccc3C)C2)CC1. The fraction of sp³-hybridized carbons (Fsp3) is 0.682. The highest BCUT2D eigenvalue weighted by Gasteiger charge is 2.26. The largest absolute Gasteiger partial charge is 0.370 e. The summed E-state index contributed by atoms with van der Waals surface area (Å²) in [6.45, 7) is 11.7. The van der Waals surface area contributed by atoms with Gasteiger partial charge in [0.25, 0.3) is 0 Å². The maximum Gasteiger partial charge on any atom is 0.193 e. The molecule has 2 fully saturated rings. The van der Waals surface area contributed by atoms with E-state index in [1.54, 1.807) is 0 Å². The summed E-state index contributed by atoms with van der Waals surface area (Å²) < 4.78 is 6.07. The second-order valence-corrected chi connectivity index (χ2v) is 7.88. The maximum atomic E-state index is 6.07. The number of hydrogen-bond acceptors (Lipinski definition) is 3. The normalized spacial score (nSPS) is 22.9. The number of guanidine groups is 1. The Morgan fingerprint density at radius 3 is 2.70 bits per heavy atom. The number of ether oxygens (including phenoxy) is 1. The fourth-order valence-electron chi connectivity index (χ4n) is 4.28. The minimum atomic E-state index is 0.121. The number of benzene rings is 1. The van der Waals surface area contributed by atoms with Crippen LogP contribution in [0.25, 0.3) is 0 Å². The Labute approximate surface area is 164 Å². The average molecular weight is 373 g/mol. The van der Waals surface area contributed by atoms with Gasteiger partial charge in [0.2, 0.25) is 0 Å². The minimum absolute atomic E-state index is 0.121. The van der Waals surface area contributed by atoms with Crippen LogP contribution in [0.4, 0.5) is 0 Å². The molecular weight excluding hydrogens is 336 g/mol. The quantitative estimate of drug-likeness (QED) is 0.637. The molecule has 2 saturated heterocycles. The molecule has 0 aliphatic carbocycles. The van der Waals surface area contributed by atoms with Crippen LogP contribution in [0, 0.1) is 12.8 Å². The Morgan fingerprint density at radius 2 is 2.00 bits per heavy atom. The minimum Gasteiger partial charge on any atom is -0.370 e. The van der Waals surface area contributed by atoms with Crippen LogP contribution >= 0.6 is 0 Å². The number of hydrogen-bond donors (Lipinski definition) is 1. The number of aryl methyl sites for hydroxylation is 1. The van der Waals surface area contributed by atoms with Crippen LogP contribution in [0.5, 0.6) is 0 Å². The summed E-state index contributed by atoms with van der Waals surface area (Å²) in [6.07, 6.45) is 3.96. The number of piperidine rings is 1. The molecule has 150 valence electrons. The summed E-state index contributed by atoms with van der Waals surface area (Å²) in [4.78, 5) is 9.51. The highest BCUT2D eigenvalue weighted by atomic mass is 16.5. The number of likely N-dealkylation sites (tertiary alicyclic amines) is 1. The molecule has 5 nitrogen and oxygen atoms in total. The van der Waals surface area contributed by atoms with Crippen molar-refractivity contribution in [1.82, 2.24) is 15.1 Å². The van der Waals surface area contributed by atoms with E-state index in [-0.39, 0.29) is 6.10 Å². The maximum absolute atomic E-state index is 6.07. The standard InChI is InChI=1S/C22H36N4O/c1-4-11-25-12-9-19(10-13-25)16-24-22(23-3)26-14-15-27-21(17-26)20-8-6-5-7-18(20)2/h5-8,19,21H,4,9-17H2,1-3H3,(H,23,24). The Bertz CT molecular complexity index is 610. The van der Waals surface area contributed by atoms with Gasteiger partial charge in [-0.25, -0.2) is 0 Å². The molecular formula is C22H36N4O. The van der Waals surface area contributed by atoms with E-state index in [0.29, 0.717) is 0 Å². The second kappa shape index (κ2) is 10.1. The van der Waals surface area contributed by atoms with Crippen molar-refractivity contribution in [3.05, 3.63) is 35.4 Å². The lowest BCUT2D eigenvalue weighted by atomic mass is 9.97. The molecule has 0 aromatic heterocycles. The Hall–Kier alpha value is -1.59. The molecule has 2 aliphatic heterocycles. The Kier molecular flexibility index (Phi) is 7.53. The molecule has 27 heavy (non-hydrogen) atoms. The summed E-state index contributed by atoms with van der Waals surface area (Å²) in [5, 5.41) is 3.64. The highest BCUT2D eigenvalue weighted by molar-refractivity contribution is 5.80. The van der Waals surface area contributed by atoms with E-state index in [1.807, 2.05) is 7.05 Å². The van der Waals surface area contributed by atoms with Gasteiger partial charge in [-0.1, -0.05) is 31.2 Å². The van der Waals surface area contributed by atoms with E-state index in [9.17, 15) is 0 Å². The van der Waals surface area contributed by atoms with Crippen LogP contribution in [0.15, 0.2) is 29.3 Å². The van der Waals surface area contributed by atoms with E-state index in [2.05, 4.69) is 58.2 Å². The lowest BCUT2D eigenvalue weighted by Crippen LogP contribution is -2.49. The summed E-state index contributed by atoms with van der Waals surface area (Å²) in [6, 6.07) is 8.54. The first-order valence-electron chi connectivity index (χ1n) is 10.6. The lowest BCUT2D eigenvalue weighted by molar-refractivity contribution is -0.00841. The summed E-state index contributed by atoms with van der Waals surface area (Å²) >= 11 is 0. The van der Waals surface area contributed by atoms with E-state index in [4.69, 9.17) is 4.74 Å². The first-order chi connectivity index (χ1) is 13.2. The van der Waals surface area contributed by atoms with Gasteiger partial charge in [0.15, 0.2) is 5.96 Å². The number of rotatable bonds is 5. The van der Waals surface area contributed by atoms with Gasteiger partial charge in [-0.3, -0.25) is 4.99 Å². The van der Waals surface area contributed by atoms with Gasteiger partial charge in [0, 0.05) is 20.1 Å². The monoisotopic (exact) mass is 372 g/mol. The molecule has 1 aromatic rings. The molecule has 0 spiro atoms. The van der Waals surface area contributed by atoms with Gasteiger partial charge in [-0.15, -0.1) is 0 Å². The van der Waals surface area contributed by atoms with Gasteiger partial charge in [-0.2, -0.15) is 0 Å². The van der Waals surface area contributed by atoms with Crippen molar-refractivity contribution in [2.24, 2.45) is 10.9 Å². The fourth-order valence-corrected chi connectivity index (χ4v) is 4.28. The molecule has 0 saturated carbocycles. The number of aliphatic imine (C=N–C) groups is 1. The molecule has 2 heterocycles. The molecule has 3 rings (SSSR count). The van der Waals surface area contributed by atoms with Gasteiger partial charge >= 0.3 is 0 Å². The lowest BCUT2D eigenvalue weighted by Gasteiger charge is -2.37. The molecule has 1 N–H and O–H groups in total. The van der Waals surface area contributed by atoms with E-state index in [1.165, 1.54) is 50.0 Å². The van der Waals surface area contributed by atoms with Crippen LogP contribution < -0.4 is 5.32 Å². The topological polar surface area (TPSA) is 40.1 Å². The molecule has 1 unspecified atom stereocenters. The van der Waals surface area contributed by atoms with Crippen LogP contribution in [-0.4, -0.2) is 68.7 Å². The molecule has 2 aliphatic rings. The van der Waals surface area contributed by atoms with Gasteiger partial charge < -0.3 is 19.9 Å². The summed E-state index contributed by atoms with van der Waals surface area (Å²) in [7, 11) is 1.89. The van der Waals surface area contributed by atoms with Gasteiger partial charge in [0.05, 0.1) is 13.2 Å². The third-order valence-electron chi connectivity index (χ3n) is 5.91. The van der Waals surface area contributed by atoms with Crippen molar-refractivity contribution in [2.45, 2.75) is 39.2 Å². The van der Waals surface area contributed by atoms with Gasteiger partial charge in [0.1, 0.15) is 6.10 Å². The molecule has 1 atom stereocenters. The molecule has 1 aromatic carbocycles. The molecule has 0 bridgehead atoms. The van der Waals surface area contributed by atoms with Crippen LogP contribution in [0.1, 0.15) is 43.4 Å². The first kappa shape index (κ1) is 20.2. The third-order valence-corrected chi connectivity index (χ3v) is 5.91. The highest BCUT2D eigenvalue weighted by Crippen LogP contribution is 2.25. The van der Waals surface area contributed by atoms with Crippen LogP contribution in [-0.2, 0) is 4.74 Å². The van der Waals surface area contributed by atoms with Crippen molar-refractivity contribution in [1.29, 1.82) is 0 Å². The predicted molar refractivity (Wildman–Crippen MR) is 112 cm³/mol. The van der Waals surface area contributed by atoms with Crippen molar-refractivity contribution < 1.29 is 4.74 Å². The van der Waals surface area contributed by atoms with E-state index in [0.717, 1.165) is 38.1 Å². The van der Waals surface area contributed by atoms with Crippen LogP contribution in [0.2, 0.25) is 0 Å². The second-order valence-electron chi connectivity index (χ2n) is 7.88. The van der Waals surface area contributed by atoms with E-state index < -0.39 is 0 Å². The first-order valence-corrected chi connectivity index (χ1v) is 10.6.